The highest BCUT2D eigenvalue weighted by molar-refractivity contribution is 5.82. The second-order valence-corrected chi connectivity index (χ2v) is 2.83. The molecule has 0 spiro atoms. The zero-order valence-corrected chi connectivity index (χ0v) is 6.37. The fraction of sp³-hybridized carbons (Fsp3) is 0.375. The van der Waals surface area contributed by atoms with Gasteiger partial charge in [-0.05, 0) is 13.3 Å². The van der Waals surface area contributed by atoms with Gasteiger partial charge in [-0.15, -0.1) is 0 Å². The molecule has 0 bridgehead atoms. The summed E-state index contributed by atoms with van der Waals surface area (Å²) in [6.45, 7) is 1.91. The lowest BCUT2D eigenvalue weighted by atomic mass is 9.90. The first-order chi connectivity index (χ1) is 5.04. The Kier molecular flexibility index (Phi) is 1.83. The minimum Gasteiger partial charge on any atom is -0.480 e. The van der Waals surface area contributed by atoms with E-state index in [9.17, 15) is 4.79 Å². The molecule has 1 unspecified atom stereocenters. The summed E-state index contributed by atoms with van der Waals surface area (Å²) in [6.07, 6.45) is 5.47. The van der Waals surface area contributed by atoms with E-state index in [1.54, 1.807) is 6.08 Å². The first-order valence-corrected chi connectivity index (χ1v) is 3.43. The monoisotopic (exact) mass is 153 g/mol. The first kappa shape index (κ1) is 8.01. The highest BCUT2D eigenvalue weighted by Gasteiger charge is 2.30. The highest BCUT2D eigenvalue weighted by atomic mass is 16.4. The maximum atomic E-state index is 10.6. The van der Waals surface area contributed by atoms with E-state index in [0.717, 1.165) is 5.57 Å². The van der Waals surface area contributed by atoms with Gasteiger partial charge in [-0.2, -0.15) is 0 Å². The van der Waals surface area contributed by atoms with E-state index in [1.165, 1.54) is 6.08 Å². The Bertz CT molecular complexity index is 242. The number of carboxylic acid groups (broad SMARTS) is 1. The van der Waals surface area contributed by atoms with Crippen molar-refractivity contribution in [2.45, 2.75) is 18.9 Å². The Balaban J connectivity index is 2.82. The molecule has 1 rings (SSSR count). The molecule has 0 aromatic rings. The molecule has 0 saturated heterocycles. The summed E-state index contributed by atoms with van der Waals surface area (Å²) < 4.78 is 0. The molecule has 0 radical (unpaired) electrons. The van der Waals surface area contributed by atoms with Crippen LogP contribution < -0.4 is 5.73 Å². The maximum absolute atomic E-state index is 10.6. The van der Waals surface area contributed by atoms with Crippen molar-refractivity contribution in [3.8, 4) is 0 Å². The average molecular weight is 153 g/mol. The number of carbonyl (C=O) groups is 1. The summed E-state index contributed by atoms with van der Waals surface area (Å²) in [6, 6.07) is 0. The minimum absolute atomic E-state index is 0.380. The SMILES string of the molecule is CC1=CCC(N)(C(=O)O)C=C1. The van der Waals surface area contributed by atoms with Gasteiger partial charge >= 0.3 is 5.97 Å². The molecule has 0 fully saturated rings. The third-order valence-corrected chi connectivity index (χ3v) is 1.80. The molecular weight excluding hydrogens is 142 g/mol. The van der Waals surface area contributed by atoms with Crippen LogP contribution in [0.15, 0.2) is 23.8 Å². The third kappa shape index (κ3) is 1.49. The normalized spacial score (nSPS) is 29.8. The summed E-state index contributed by atoms with van der Waals surface area (Å²) in [5, 5.41) is 8.68. The largest absolute Gasteiger partial charge is 0.480 e. The number of allylic oxidation sites excluding steroid dienone is 2. The molecule has 0 aromatic heterocycles. The Morgan fingerprint density at radius 3 is 2.82 bits per heavy atom. The molecule has 11 heavy (non-hydrogen) atoms. The average Bonchev–Trinajstić information content (AvgIpc) is 1.95. The van der Waals surface area contributed by atoms with Gasteiger partial charge in [-0.3, -0.25) is 0 Å². The lowest BCUT2D eigenvalue weighted by molar-refractivity contribution is -0.141. The highest BCUT2D eigenvalue weighted by Crippen LogP contribution is 2.18. The lowest BCUT2D eigenvalue weighted by Crippen LogP contribution is -2.46. The van der Waals surface area contributed by atoms with E-state index < -0.39 is 11.5 Å². The predicted octanol–water partition coefficient (Wildman–Crippen LogP) is 0.675. The smallest absolute Gasteiger partial charge is 0.328 e. The molecule has 3 N–H and O–H groups in total. The molecular formula is C8H11NO2. The molecule has 3 nitrogen and oxygen atoms in total. The number of hydrogen-bond acceptors (Lipinski definition) is 2. The topological polar surface area (TPSA) is 63.3 Å². The van der Waals surface area contributed by atoms with Crippen molar-refractivity contribution in [1.29, 1.82) is 0 Å². The molecule has 0 aromatic carbocycles. The van der Waals surface area contributed by atoms with Gasteiger partial charge in [0.15, 0.2) is 0 Å². The van der Waals surface area contributed by atoms with Gasteiger partial charge in [-0.25, -0.2) is 4.79 Å². The van der Waals surface area contributed by atoms with Crippen molar-refractivity contribution < 1.29 is 9.90 Å². The van der Waals surface area contributed by atoms with E-state index in [0.29, 0.717) is 6.42 Å². The Labute approximate surface area is 65.2 Å². The summed E-state index contributed by atoms with van der Waals surface area (Å²) in [5.74, 6) is -0.975. The van der Waals surface area contributed by atoms with Crippen LogP contribution in [0.25, 0.3) is 0 Å². The number of carboxylic acids is 1. The van der Waals surface area contributed by atoms with E-state index in [1.807, 2.05) is 13.0 Å². The molecule has 0 aliphatic heterocycles. The molecule has 3 heteroatoms. The fourth-order valence-corrected chi connectivity index (χ4v) is 0.905. The van der Waals surface area contributed by atoms with Gasteiger partial charge in [0.1, 0.15) is 5.54 Å². The summed E-state index contributed by atoms with van der Waals surface area (Å²) in [4.78, 5) is 10.6. The second-order valence-electron chi connectivity index (χ2n) is 2.83. The number of rotatable bonds is 1. The zero-order chi connectivity index (χ0) is 8.48. The first-order valence-electron chi connectivity index (χ1n) is 3.43. The fourth-order valence-electron chi connectivity index (χ4n) is 0.905. The quantitative estimate of drug-likeness (QED) is 0.582. The van der Waals surface area contributed by atoms with Crippen LogP contribution in [0.2, 0.25) is 0 Å². The van der Waals surface area contributed by atoms with Crippen LogP contribution in [0.1, 0.15) is 13.3 Å². The van der Waals surface area contributed by atoms with Crippen molar-refractivity contribution in [1.82, 2.24) is 0 Å². The van der Waals surface area contributed by atoms with Crippen LogP contribution in [-0.4, -0.2) is 16.6 Å². The molecule has 1 atom stereocenters. The van der Waals surface area contributed by atoms with Crippen molar-refractivity contribution in [2.75, 3.05) is 0 Å². The van der Waals surface area contributed by atoms with Gasteiger partial charge in [0, 0.05) is 0 Å². The van der Waals surface area contributed by atoms with Gasteiger partial charge in [0.25, 0.3) is 0 Å². The molecule has 1 aliphatic rings. The molecule has 0 amide bonds. The van der Waals surface area contributed by atoms with E-state index in [-0.39, 0.29) is 0 Å². The van der Waals surface area contributed by atoms with Crippen LogP contribution >= 0.6 is 0 Å². The molecule has 60 valence electrons. The minimum atomic E-state index is -1.18. The van der Waals surface area contributed by atoms with Crippen LogP contribution in [0.3, 0.4) is 0 Å². The maximum Gasteiger partial charge on any atom is 0.328 e. The summed E-state index contributed by atoms with van der Waals surface area (Å²) in [7, 11) is 0. The van der Waals surface area contributed by atoms with Gasteiger partial charge in [0.2, 0.25) is 0 Å². The van der Waals surface area contributed by atoms with Crippen molar-refractivity contribution in [3.63, 3.8) is 0 Å². The van der Waals surface area contributed by atoms with E-state index >= 15 is 0 Å². The predicted molar refractivity (Wildman–Crippen MR) is 42.1 cm³/mol. The van der Waals surface area contributed by atoms with Gasteiger partial charge in [0.05, 0.1) is 0 Å². The van der Waals surface area contributed by atoms with Gasteiger partial charge < -0.3 is 10.8 Å². The van der Waals surface area contributed by atoms with Crippen LogP contribution in [0, 0.1) is 0 Å². The van der Waals surface area contributed by atoms with Crippen molar-refractivity contribution >= 4 is 5.97 Å². The van der Waals surface area contributed by atoms with Gasteiger partial charge in [-0.1, -0.05) is 23.8 Å². The number of nitrogens with two attached hydrogens (primary N) is 1. The molecule has 0 heterocycles. The number of hydrogen-bond donors (Lipinski definition) is 2. The summed E-state index contributed by atoms with van der Waals surface area (Å²) in [5.41, 5.74) is 5.41. The van der Waals surface area contributed by atoms with E-state index in [4.69, 9.17) is 10.8 Å². The van der Waals surface area contributed by atoms with Crippen LogP contribution in [0.4, 0.5) is 0 Å². The molecule has 1 aliphatic carbocycles. The Hall–Kier alpha value is -1.09. The van der Waals surface area contributed by atoms with Crippen molar-refractivity contribution in [3.05, 3.63) is 23.8 Å². The van der Waals surface area contributed by atoms with Crippen molar-refractivity contribution in [2.24, 2.45) is 5.73 Å². The Morgan fingerprint density at radius 2 is 2.45 bits per heavy atom. The third-order valence-electron chi connectivity index (χ3n) is 1.80. The Morgan fingerprint density at radius 1 is 1.82 bits per heavy atom. The lowest BCUT2D eigenvalue weighted by Gasteiger charge is -2.21. The standard InChI is InChI=1S/C8H11NO2/c1-6-2-4-8(9,5-3-6)7(10)11/h2-4H,5,9H2,1H3,(H,10,11). The van der Waals surface area contributed by atoms with Crippen LogP contribution in [0.5, 0.6) is 0 Å². The van der Waals surface area contributed by atoms with Crippen LogP contribution in [-0.2, 0) is 4.79 Å². The molecule has 0 saturated carbocycles. The zero-order valence-electron chi connectivity index (χ0n) is 6.37. The summed E-state index contributed by atoms with van der Waals surface area (Å²) >= 11 is 0. The van der Waals surface area contributed by atoms with E-state index in [2.05, 4.69) is 0 Å². The second kappa shape index (κ2) is 2.51. The number of aliphatic carboxylic acids is 1.